The van der Waals surface area contributed by atoms with Crippen molar-refractivity contribution in [2.24, 2.45) is 5.92 Å². The summed E-state index contributed by atoms with van der Waals surface area (Å²) in [5.74, 6) is 1.72. The van der Waals surface area contributed by atoms with Gasteiger partial charge in [-0.2, -0.15) is 0 Å². The van der Waals surface area contributed by atoms with Gasteiger partial charge in [0.2, 0.25) is 0 Å². The summed E-state index contributed by atoms with van der Waals surface area (Å²) in [6.45, 7) is 3.15. The Morgan fingerprint density at radius 1 is 1.12 bits per heavy atom. The fraction of sp³-hybridized carbons (Fsp3) is 0.350. The number of hydrogen-bond donors (Lipinski definition) is 2. The second-order valence-electron chi connectivity index (χ2n) is 6.44. The van der Waals surface area contributed by atoms with E-state index in [1.54, 1.807) is 4.90 Å². The van der Waals surface area contributed by atoms with E-state index >= 15 is 0 Å². The molecule has 0 spiro atoms. The highest BCUT2D eigenvalue weighted by molar-refractivity contribution is 5.89. The third-order valence-corrected chi connectivity index (χ3v) is 4.57. The predicted octanol–water partition coefficient (Wildman–Crippen LogP) is 4.10. The van der Waals surface area contributed by atoms with Crippen LogP contribution < -0.4 is 10.1 Å². The molecule has 1 saturated heterocycles. The Morgan fingerprint density at radius 3 is 2.48 bits per heavy atom. The van der Waals surface area contributed by atoms with Crippen molar-refractivity contribution in [1.29, 1.82) is 0 Å². The molecular weight excluding hydrogens is 316 g/mol. The number of amides is 2. The number of carbonyl (C=O) groups is 1. The minimum Gasteiger partial charge on any atom is -0.457 e. The summed E-state index contributed by atoms with van der Waals surface area (Å²) >= 11 is 0. The lowest BCUT2D eigenvalue weighted by molar-refractivity contribution is 0.0820. The molecule has 25 heavy (non-hydrogen) atoms. The van der Waals surface area contributed by atoms with Gasteiger partial charge in [0, 0.05) is 24.8 Å². The van der Waals surface area contributed by atoms with Gasteiger partial charge in [0.25, 0.3) is 0 Å². The highest BCUT2D eigenvalue weighted by Gasteiger charge is 2.25. The van der Waals surface area contributed by atoms with E-state index in [9.17, 15) is 9.90 Å². The molecule has 3 rings (SSSR count). The molecule has 2 aromatic rings. The van der Waals surface area contributed by atoms with Crippen LogP contribution in [0.2, 0.25) is 0 Å². The van der Waals surface area contributed by atoms with Crippen LogP contribution in [0.1, 0.15) is 19.8 Å². The standard InChI is InChI=1S/C20H24N2O3/c1-15(23)16-10-12-22(13-11-16)20(24)21-17-6-5-9-19(14-17)25-18-7-3-2-4-8-18/h2-9,14-16,23H,10-13H2,1H3,(H,21,24). The summed E-state index contributed by atoms with van der Waals surface area (Å²) < 4.78 is 5.79. The van der Waals surface area contributed by atoms with E-state index in [1.807, 2.05) is 61.5 Å². The van der Waals surface area contributed by atoms with E-state index in [1.165, 1.54) is 0 Å². The van der Waals surface area contributed by atoms with E-state index in [0.717, 1.165) is 18.6 Å². The lowest BCUT2D eigenvalue weighted by Crippen LogP contribution is -2.42. The van der Waals surface area contributed by atoms with Crippen molar-refractivity contribution in [3.63, 3.8) is 0 Å². The predicted molar refractivity (Wildman–Crippen MR) is 98.0 cm³/mol. The Kier molecular flexibility index (Phi) is 5.56. The summed E-state index contributed by atoms with van der Waals surface area (Å²) in [4.78, 5) is 14.2. The van der Waals surface area contributed by atoms with Crippen molar-refractivity contribution in [2.75, 3.05) is 18.4 Å². The number of hydrogen-bond acceptors (Lipinski definition) is 3. The minimum absolute atomic E-state index is 0.110. The molecule has 2 aromatic carbocycles. The topological polar surface area (TPSA) is 61.8 Å². The van der Waals surface area contributed by atoms with Crippen molar-refractivity contribution >= 4 is 11.7 Å². The van der Waals surface area contributed by atoms with Crippen molar-refractivity contribution in [1.82, 2.24) is 4.90 Å². The molecule has 0 bridgehead atoms. The first kappa shape index (κ1) is 17.3. The average Bonchev–Trinajstić information content (AvgIpc) is 2.63. The van der Waals surface area contributed by atoms with Gasteiger partial charge in [-0.15, -0.1) is 0 Å². The summed E-state index contributed by atoms with van der Waals surface area (Å²) in [6.07, 6.45) is 1.36. The van der Waals surface area contributed by atoms with Crippen LogP contribution in [-0.4, -0.2) is 35.2 Å². The molecule has 132 valence electrons. The first-order valence-electron chi connectivity index (χ1n) is 8.69. The number of aliphatic hydroxyl groups excluding tert-OH is 1. The number of rotatable bonds is 4. The number of ether oxygens (including phenoxy) is 1. The fourth-order valence-electron chi connectivity index (χ4n) is 3.05. The number of anilines is 1. The lowest BCUT2D eigenvalue weighted by atomic mass is 9.92. The highest BCUT2D eigenvalue weighted by atomic mass is 16.5. The lowest BCUT2D eigenvalue weighted by Gasteiger charge is -2.33. The van der Waals surface area contributed by atoms with Gasteiger partial charge >= 0.3 is 6.03 Å². The Balaban J connectivity index is 1.58. The molecule has 0 saturated carbocycles. The second kappa shape index (κ2) is 8.03. The smallest absolute Gasteiger partial charge is 0.321 e. The van der Waals surface area contributed by atoms with Gasteiger partial charge < -0.3 is 20.1 Å². The Morgan fingerprint density at radius 2 is 1.80 bits per heavy atom. The van der Waals surface area contributed by atoms with Crippen LogP contribution in [0.5, 0.6) is 11.5 Å². The van der Waals surface area contributed by atoms with Gasteiger partial charge in [0.1, 0.15) is 11.5 Å². The maximum Gasteiger partial charge on any atom is 0.321 e. The van der Waals surface area contributed by atoms with Crippen LogP contribution in [0, 0.1) is 5.92 Å². The summed E-state index contributed by atoms with van der Waals surface area (Å²) in [6, 6.07) is 16.8. The minimum atomic E-state index is -0.308. The Hall–Kier alpha value is -2.53. The van der Waals surface area contributed by atoms with Gasteiger partial charge in [0.05, 0.1) is 6.10 Å². The molecule has 2 amide bonds. The van der Waals surface area contributed by atoms with Crippen molar-refractivity contribution in [3.8, 4) is 11.5 Å². The normalized spacial score (nSPS) is 16.3. The second-order valence-corrected chi connectivity index (χ2v) is 6.44. The summed E-state index contributed by atoms with van der Waals surface area (Å²) in [5.41, 5.74) is 0.705. The number of likely N-dealkylation sites (tertiary alicyclic amines) is 1. The van der Waals surface area contributed by atoms with E-state index in [0.29, 0.717) is 24.5 Å². The van der Waals surface area contributed by atoms with Gasteiger partial charge in [-0.25, -0.2) is 4.79 Å². The molecule has 5 nitrogen and oxygen atoms in total. The molecule has 1 unspecified atom stereocenters. The van der Waals surface area contributed by atoms with Crippen LogP contribution in [0.4, 0.5) is 10.5 Å². The molecule has 1 heterocycles. The van der Waals surface area contributed by atoms with Gasteiger partial charge in [-0.1, -0.05) is 24.3 Å². The quantitative estimate of drug-likeness (QED) is 0.881. The first-order chi connectivity index (χ1) is 12.1. The number of carbonyl (C=O) groups excluding carboxylic acids is 1. The third kappa shape index (κ3) is 4.73. The monoisotopic (exact) mass is 340 g/mol. The maximum absolute atomic E-state index is 12.4. The zero-order chi connectivity index (χ0) is 17.6. The molecular formula is C20H24N2O3. The zero-order valence-electron chi connectivity index (χ0n) is 14.4. The van der Waals surface area contributed by atoms with Crippen LogP contribution in [0.15, 0.2) is 54.6 Å². The number of para-hydroxylation sites is 1. The average molecular weight is 340 g/mol. The number of nitrogens with zero attached hydrogens (tertiary/aromatic N) is 1. The summed E-state index contributed by atoms with van der Waals surface area (Å²) in [7, 11) is 0. The largest absolute Gasteiger partial charge is 0.457 e. The van der Waals surface area contributed by atoms with Crippen molar-refractivity contribution in [2.45, 2.75) is 25.9 Å². The number of piperidine rings is 1. The highest BCUT2D eigenvalue weighted by Crippen LogP contribution is 2.25. The molecule has 0 radical (unpaired) electrons. The van der Waals surface area contributed by atoms with Crippen LogP contribution in [-0.2, 0) is 0 Å². The fourth-order valence-corrected chi connectivity index (χ4v) is 3.05. The van der Waals surface area contributed by atoms with E-state index in [-0.39, 0.29) is 18.1 Å². The van der Waals surface area contributed by atoms with Crippen LogP contribution in [0.3, 0.4) is 0 Å². The van der Waals surface area contributed by atoms with E-state index in [4.69, 9.17) is 4.74 Å². The van der Waals surface area contributed by atoms with E-state index in [2.05, 4.69) is 5.32 Å². The van der Waals surface area contributed by atoms with Crippen LogP contribution in [0.25, 0.3) is 0 Å². The number of benzene rings is 2. The van der Waals surface area contributed by atoms with Gasteiger partial charge in [-0.3, -0.25) is 0 Å². The molecule has 2 N–H and O–H groups in total. The maximum atomic E-state index is 12.4. The molecule has 1 atom stereocenters. The van der Waals surface area contributed by atoms with Crippen molar-refractivity contribution < 1.29 is 14.6 Å². The Bertz CT molecular complexity index is 695. The molecule has 0 aromatic heterocycles. The molecule has 1 fully saturated rings. The first-order valence-corrected chi connectivity index (χ1v) is 8.69. The number of nitrogens with one attached hydrogen (secondary N) is 1. The number of aliphatic hydroxyl groups is 1. The Labute approximate surface area is 148 Å². The summed E-state index contributed by atoms with van der Waals surface area (Å²) in [5, 5.41) is 12.6. The van der Waals surface area contributed by atoms with E-state index < -0.39 is 0 Å². The molecule has 1 aliphatic heterocycles. The zero-order valence-corrected chi connectivity index (χ0v) is 14.4. The third-order valence-electron chi connectivity index (χ3n) is 4.57. The van der Waals surface area contributed by atoms with Gasteiger partial charge in [-0.05, 0) is 49.9 Å². The molecule has 1 aliphatic rings. The number of urea groups is 1. The van der Waals surface area contributed by atoms with Crippen LogP contribution >= 0.6 is 0 Å². The molecule has 0 aliphatic carbocycles. The molecule has 5 heteroatoms. The van der Waals surface area contributed by atoms with Crippen molar-refractivity contribution in [3.05, 3.63) is 54.6 Å². The van der Waals surface area contributed by atoms with Gasteiger partial charge in [0.15, 0.2) is 0 Å². The SMILES string of the molecule is CC(O)C1CCN(C(=O)Nc2cccc(Oc3ccccc3)c2)CC1.